The van der Waals surface area contributed by atoms with E-state index in [0.29, 0.717) is 0 Å². The molecular formula is C7H9F3N4O2. The first-order valence-corrected chi connectivity index (χ1v) is 4.21. The lowest BCUT2D eigenvalue weighted by atomic mass is 10.5. The van der Waals surface area contributed by atoms with E-state index in [0.717, 1.165) is 9.25 Å². The van der Waals surface area contributed by atoms with E-state index in [1.54, 1.807) is 5.32 Å². The van der Waals surface area contributed by atoms with Crippen LogP contribution in [-0.4, -0.2) is 33.0 Å². The van der Waals surface area contributed by atoms with Gasteiger partial charge in [-0.15, -0.1) is 0 Å². The van der Waals surface area contributed by atoms with Gasteiger partial charge in [0.2, 0.25) is 5.91 Å². The number of carbonyl (C=O) groups excluding carboxylic acids is 1. The Morgan fingerprint density at radius 2 is 2.19 bits per heavy atom. The van der Waals surface area contributed by atoms with E-state index in [-0.39, 0.29) is 0 Å². The Bertz CT molecular complexity index is 434. The summed E-state index contributed by atoms with van der Waals surface area (Å²) in [6.07, 6.45) is -3.30. The largest absolute Gasteiger partial charge is 0.405 e. The van der Waals surface area contributed by atoms with Crippen LogP contribution < -0.4 is 11.0 Å². The number of amides is 1. The van der Waals surface area contributed by atoms with Gasteiger partial charge in [0.1, 0.15) is 19.4 Å². The summed E-state index contributed by atoms with van der Waals surface area (Å²) in [5, 5.41) is 5.16. The van der Waals surface area contributed by atoms with Gasteiger partial charge in [-0.2, -0.15) is 18.3 Å². The van der Waals surface area contributed by atoms with Gasteiger partial charge in [-0.05, 0) is 0 Å². The number of aryl methyl sites for hydroxylation is 1. The second-order valence-electron chi connectivity index (χ2n) is 3.07. The maximum atomic E-state index is 11.7. The standard InChI is InChI=1S/C7H9F3N4O2/c1-13-4-12-14(6(13)16)2-5(15)11-3-7(8,9)10/h4H,2-3H2,1H3,(H,11,15). The van der Waals surface area contributed by atoms with Gasteiger partial charge in [-0.3, -0.25) is 9.36 Å². The van der Waals surface area contributed by atoms with E-state index in [1.807, 2.05) is 0 Å². The van der Waals surface area contributed by atoms with Crippen LogP contribution in [0.2, 0.25) is 0 Å². The first-order valence-electron chi connectivity index (χ1n) is 4.21. The fourth-order valence-corrected chi connectivity index (χ4v) is 0.920. The highest BCUT2D eigenvalue weighted by molar-refractivity contribution is 5.75. The third-order valence-corrected chi connectivity index (χ3v) is 1.67. The van der Waals surface area contributed by atoms with Gasteiger partial charge < -0.3 is 5.32 Å². The molecule has 1 rings (SSSR count). The van der Waals surface area contributed by atoms with Crippen molar-refractivity contribution in [2.24, 2.45) is 7.05 Å². The van der Waals surface area contributed by atoms with Crippen molar-refractivity contribution in [3.8, 4) is 0 Å². The van der Waals surface area contributed by atoms with Crippen LogP contribution in [0, 0.1) is 0 Å². The molecule has 1 heterocycles. The SMILES string of the molecule is Cn1cnn(CC(=O)NCC(F)(F)F)c1=O. The topological polar surface area (TPSA) is 68.9 Å². The van der Waals surface area contributed by atoms with Gasteiger partial charge in [-0.1, -0.05) is 0 Å². The Morgan fingerprint density at radius 1 is 1.56 bits per heavy atom. The van der Waals surface area contributed by atoms with Gasteiger partial charge in [0, 0.05) is 7.05 Å². The third-order valence-electron chi connectivity index (χ3n) is 1.67. The molecule has 1 amide bonds. The lowest BCUT2D eigenvalue weighted by molar-refractivity contribution is -0.138. The molecular weight excluding hydrogens is 229 g/mol. The summed E-state index contributed by atoms with van der Waals surface area (Å²) in [6.45, 7) is -1.96. The highest BCUT2D eigenvalue weighted by Gasteiger charge is 2.27. The monoisotopic (exact) mass is 238 g/mol. The first-order chi connectivity index (χ1) is 7.29. The molecule has 9 heteroatoms. The Hall–Kier alpha value is -1.80. The van der Waals surface area contributed by atoms with Crippen molar-refractivity contribution in [3.05, 3.63) is 16.8 Å². The molecule has 0 aromatic carbocycles. The third kappa shape index (κ3) is 3.41. The highest BCUT2D eigenvalue weighted by Crippen LogP contribution is 2.11. The van der Waals surface area contributed by atoms with E-state index >= 15 is 0 Å². The fraction of sp³-hybridized carbons (Fsp3) is 0.571. The molecule has 0 saturated carbocycles. The number of halogens is 3. The number of carbonyl (C=O) groups is 1. The minimum atomic E-state index is -4.47. The van der Waals surface area contributed by atoms with Gasteiger partial charge in [-0.25, -0.2) is 9.48 Å². The van der Waals surface area contributed by atoms with Crippen LogP contribution in [0.15, 0.2) is 11.1 Å². The molecule has 6 nitrogen and oxygen atoms in total. The Labute approximate surface area is 87.7 Å². The molecule has 0 aliphatic rings. The van der Waals surface area contributed by atoms with Crippen LogP contribution in [-0.2, 0) is 18.4 Å². The molecule has 0 aliphatic heterocycles. The molecule has 0 bridgehead atoms. The zero-order valence-electron chi connectivity index (χ0n) is 8.28. The normalized spacial score (nSPS) is 11.5. The summed E-state index contributed by atoms with van der Waals surface area (Å²) in [7, 11) is 1.42. The summed E-state index contributed by atoms with van der Waals surface area (Å²) in [4.78, 5) is 22.2. The lowest BCUT2D eigenvalue weighted by Crippen LogP contribution is -2.38. The maximum Gasteiger partial charge on any atom is 0.405 e. The summed E-state index contributed by atoms with van der Waals surface area (Å²) < 4.78 is 37.1. The molecule has 0 unspecified atom stereocenters. The molecule has 0 aliphatic carbocycles. The zero-order chi connectivity index (χ0) is 12.3. The van der Waals surface area contributed by atoms with Crippen molar-refractivity contribution in [3.63, 3.8) is 0 Å². The average Bonchev–Trinajstić information content (AvgIpc) is 2.46. The molecule has 90 valence electrons. The van der Waals surface area contributed by atoms with Crippen molar-refractivity contribution < 1.29 is 18.0 Å². The fourth-order valence-electron chi connectivity index (χ4n) is 0.920. The molecule has 1 aromatic heterocycles. The van der Waals surface area contributed by atoms with E-state index in [9.17, 15) is 22.8 Å². The molecule has 0 atom stereocenters. The molecule has 1 aromatic rings. The van der Waals surface area contributed by atoms with Gasteiger partial charge in [0.15, 0.2) is 0 Å². The smallest absolute Gasteiger partial charge is 0.345 e. The molecule has 16 heavy (non-hydrogen) atoms. The number of hydrogen-bond donors (Lipinski definition) is 1. The second kappa shape index (κ2) is 4.37. The van der Waals surface area contributed by atoms with Crippen LogP contribution in [0.25, 0.3) is 0 Å². The molecule has 1 N–H and O–H groups in total. The van der Waals surface area contributed by atoms with Crippen LogP contribution in [0.3, 0.4) is 0 Å². The average molecular weight is 238 g/mol. The predicted octanol–water partition coefficient (Wildman–Crippen LogP) is -0.740. The van der Waals surface area contributed by atoms with Crippen molar-refractivity contribution in [1.29, 1.82) is 0 Å². The number of nitrogens with one attached hydrogen (secondary N) is 1. The predicted molar refractivity (Wildman–Crippen MR) is 46.5 cm³/mol. The summed E-state index contributed by atoms with van der Waals surface area (Å²) in [5.74, 6) is -0.918. The van der Waals surface area contributed by atoms with Crippen molar-refractivity contribution in [1.82, 2.24) is 19.7 Å². The van der Waals surface area contributed by atoms with E-state index < -0.39 is 30.9 Å². The number of alkyl halides is 3. The second-order valence-corrected chi connectivity index (χ2v) is 3.07. The number of rotatable bonds is 3. The van der Waals surface area contributed by atoms with E-state index in [2.05, 4.69) is 5.10 Å². The Morgan fingerprint density at radius 3 is 2.62 bits per heavy atom. The number of aromatic nitrogens is 3. The number of hydrogen-bond acceptors (Lipinski definition) is 3. The Balaban J connectivity index is 2.53. The highest BCUT2D eigenvalue weighted by atomic mass is 19.4. The van der Waals surface area contributed by atoms with Gasteiger partial charge in [0.25, 0.3) is 0 Å². The first kappa shape index (κ1) is 12.3. The zero-order valence-corrected chi connectivity index (χ0v) is 8.28. The van der Waals surface area contributed by atoms with Crippen molar-refractivity contribution in [2.75, 3.05) is 6.54 Å². The molecule has 0 radical (unpaired) electrons. The Kier molecular flexibility index (Phi) is 3.35. The van der Waals surface area contributed by atoms with E-state index in [1.165, 1.54) is 13.4 Å². The van der Waals surface area contributed by atoms with Crippen LogP contribution in [0.5, 0.6) is 0 Å². The van der Waals surface area contributed by atoms with Crippen LogP contribution in [0.1, 0.15) is 0 Å². The van der Waals surface area contributed by atoms with Crippen LogP contribution >= 0.6 is 0 Å². The van der Waals surface area contributed by atoms with Gasteiger partial charge >= 0.3 is 11.9 Å². The number of nitrogens with zero attached hydrogens (tertiary/aromatic N) is 3. The lowest BCUT2D eigenvalue weighted by Gasteiger charge is -2.07. The summed E-state index contributed by atoms with van der Waals surface area (Å²) >= 11 is 0. The van der Waals surface area contributed by atoms with Gasteiger partial charge in [0.05, 0.1) is 0 Å². The van der Waals surface area contributed by atoms with Crippen molar-refractivity contribution in [2.45, 2.75) is 12.7 Å². The van der Waals surface area contributed by atoms with Crippen molar-refractivity contribution >= 4 is 5.91 Å². The molecule has 0 saturated heterocycles. The van der Waals surface area contributed by atoms with Crippen LogP contribution in [0.4, 0.5) is 13.2 Å². The molecule has 0 spiro atoms. The minimum absolute atomic E-state index is 0.532. The molecule has 0 fully saturated rings. The maximum absolute atomic E-state index is 11.7. The van der Waals surface area contributed by atoms with E-state index in [4.69, 9.17) is 0 Å². The summed E-state index contributed by atoms with van der Waals surface area (Å²) in [6, 6.07) is 0. The quantitative estimate of drug-likeness (QED) is 0.754. The minimum Gasteiger partial charge on any atom is -0.345 e. The summed E-state index contributed by atoms with van der Waals surface area (Å²) in [5.41, 5.74) is -0.567.